The minimum Gasteiger partial charge on any atom is -0.466 e. The molecular formula is C13H19NO2S. The topological polar surface area (TPSA) is 29.5 Å². The van der Waals surface area contributed by atoms with E-state index < -0.39 is 0 Å². The van der Waals surface area contributed by atoms with Crippen molar-refractivity contribution in [3.05, 3.63) is 22.4 Å². The number of carbonyl (C=O) groups is 1. The molecule has 0 saturated carbocycles. The predicted octanol–water partition coefficient (Wildman–Crippen LogP) is 2.52. The minimum atomic E-state index is -0.0114. The lowest BCUT2D eigenvalue weighted by molar-refractivity contribution is -0.149. The smallest absolute Gasteiger partial charge is 0.309 e. The van der Waals surface area contributed by atoms with Gasteiger partial charge < -0.3 is 4.74 Å². The van der Waals surface area contributed by atoms with Crippen LogP contribution in [-0.4, -0.2) is 30.6 Å². The van der Waals surface area contributed by atoms with E-state index in [4.69, 9.17) is 4.74 Å². The highest BCUT2D eigenvalue weighted by Gasteiger charge is 2.25. The van der Waals surface area contributed by atoms with Crippen LogP contribution in [0.4, 0.5) is 0 Å². The Kier molecular flexibility index (Phi) is 4.57. The molecule has 1 aromatic heterocycles. The SMILES string of the molecule is CCOC(=O)C1CCN(Cc2ccsc2)CC1. The van der Waals surface area contributed by atoms with Crippen LogP contribution < -0.4 is 0 Å². The average Bonchev–Trinajstić information content (AvgIpc) is 2.83. The number of carbonyl (C=O) groups excluding carboxylic acids is 1. The molecule has 0 spiro atoms. The lowest BCUT2D eigenvalue weighted by atomic mass is 9.97. The normalized spacial score (nSPS) is 18.2. The van der Waals surface area contributed by atoms with Crippen LogP contribution in [0.15, 0.2) is 16.8 Å². The highest BCUT2D eigenvalue weighted by molar-refractivity contribution is 7.07. The Morgan fingerprint density at radius 1 is 1.53 bits per heavy atom. The van der Waals surface area contributed by atoms with E-state index in [1.165, 1.54) is 5.56 Å². The van der Waals surface area contributed by atoms with Gasteiger partial charge in [0.15, 0.2) is 0 Å². The Balaban J connectivity index is 1.76. The molecule has 1 aliphatic heterocycles. The molecule has 1 fully saturated rings. The van der Waals surface area contributed by atoms with Gasteiger partial charge >= 0.3 is 5.97 Å². The molecule has 0 aromatic carbocycles. The number of nitrogens with zero attached hydrogens (tertiary/aromatic N) is 1. The quantitative estimate of drug-likeness (QED) is 0.772. The number of hydrogen-bond acceptors (Lipinski definition) is 4. The number of likely N-dealkylation sites (tertiary alicyclic amines) is 1. The summed E-state index contributed by atoms with van der Waals surface area (Å²) >= 11 is 1.74. The van der Waals surface area contributed by atoms with Gasteiger partial charge in [-0.1, -0.05) is 0 Å². The molecule has 0 unspecified atom stereocenters. The maximum atomic E-state index is 11.6. The highest BCUT2D eigenvalue weighted by Crippen LogP contribution is 2.20. The summed E-state index contributed by atoms with van der Waals surface area (Å²) in [6, 6.07) is 2.17. The van der Waals surface area contributed by atoms with Crippen molar-refractivity contribution in [1.82, 2.24) is 4.90 Å². The first kappa shape index (κ1) is 12.6. The third kappa shape index (κ3) is 3.54. The lowest BCUT2D eigenvalue weighted by Gasteiger charge is -2.30. The van der Waals surface area contributed by atoms with Gasteiger partial charge in [0.25, 0.3) is 0 Å². The molecule has 0 atom stereocenters. The molecular weight excluding hydrogens is 234 g/mol. The molecule has 2 heterocycles. The van der Waals surface area contributed by atoms with Gasteiger partial charge in [0, 0.05) is 6.54 Å². The molecule has 1 aromatic rings. The van der Waals surface area contributed by atoms with Crippen LogP contribution in [0.3, 0.4) is 0 Å². The molecule has 2 rings (SSSR count). The summed E-state index contributed by atoms with van der Waals surface area (Å²) in [5.41, 5.74) is 1.38. The predicted molar refractivity (Wildman–Crippen MR) is 69.0 cm³/mol. The lowest BCUT2D eigenvalue weighted by Crippen LogP contribution is -2.36. The van der Waals surface area contributed by atoms with Crippen LogP contribution in [0.2, 0.25) is 0 Å². The van der Waals surface area contributed by atoms with Crippen LogP contribution in [0.5, 0.6) is 0 Å². The Labute approximate surface area is 106 Å². The van der Waals surface area contributed by atoms with Gasteiger partial charge in [-0.15, -0.1) is 0 Å². The van der Waals surface area contributed by atoms with Crippen LogP contribution in [0.1, 0.15) is 25.3 Å². The Hall–Kier alpha value is -0.870. The van der Waals surface area contributed by atoms with E-state index >= 15 is 0 Å². The first-order chi connectivity index (χ1) is 8.29. The number of hydrogen-bond donors (Lipinski definition) is 0. The van der Waals surface area contributed by atoms with Crippen molar-refractivity contribution in [3.63, 3.8) is 0 Å². The van der Waals surface area contributed by atoms with Crippen molar-refractivity contribution in [2.75, 3.05) is 19.7 Å². The second kappa shape index (κ2) is 6.17. The molecule has 94 valence electrons. The van der Waals surface area contributed by atoms with Gasteiger partial charge in [0.05, 0.1) is 12.5 Å². The van der Waals surface area contributed by atoms with Crippen molar-refractivity contribution < 1.29 is 9.53 Å². The molecule has 17 heavy (non-hydrogen) atoms. The van der Waals surface area contributed by atoms with Crippen molar-refractivity contribution in [3.8, 4) is 0 Å². The summed E-state index contributed by atoms with van der Waals surface area (Å²) in [7, 11) is 0. The van der Waals surface area contributed by atoms with E-state index in [2.05, 4.69) is 21.7 Å². The summed E-state index contributed by atoms with van der Waals surface area (Å²) in [6.45, 7) is 5.37. The van der Waals surface area contributed by atoms with Gasteiger partial charge in [-0.3, -0.25) is 9.69 Å². The first-order valence-corrected chi connectivity index (χ1v) is 7.14. The molecule has 0 amide bonds. The van der Waals surface area contributed by atoms with Gasteiger partial charge in [0.1, 0.15) is 0 Å². The largest absolute Gasteiger partial charge is 0.466 e. The van der Waals surface area contributed by atoms with Crippen LogP contribution in [0, 0.1) is 5.92 Å². The van der Waals surface area contributed by atoms with E-state index in [1.807, 2.05) is 6.92 Å². The van der Waals surface area contributed by atoms with Crippen molar-refractivity contribution in [1.29, 1.82) is 0 Å². The molecule has 0 N–H and O–H groups in total. The summed E-state index contributed by atoms with van der Waals surface area (Å²) in [5, 5.41) is 4.30. The highest BCUT2D eigenvalue weighted by atomic mass is 32.1. The van der Waals surface area contributed by atoms with Crippen LogP contribution in [-0.2, 0) is 16.1 Å². The zero-order chi connectivity index (χ0) is 12.1. The van der Waals surface area contributed by atoms with Crippen molar-refractivity contribution in [2.45, 2.75) is 26.3 Å². The van der Waals surface area contributed by atoms with Gasteiger partial charge in [-0.25, -0.2) is 0 Å². The maximum absolute atomic E-state index is 11.6. The molecule has 3 nitrogen and oxygen atoms in total. The molecule has 1 saturated heterocycles. The third-order valence-corrected chi connectivity index (χ3v) is 3.93. The van der Waals surface area contributed by atoms with Gasteiger partial charge in [0.2, 0.25) is 0 Å². The number of esters is 1. The molecule has 1 aliphatic rings. The van der Waals surface area contributed by atoms with E-state index in [0.717, 1.165) is 32.5 Å². The fourth-order valence-corrected chi connectivity index (χ4v) is 2.89. The van der Waals surface area contributed by atoms with Crippen molar-refractivity contribution >= 4 is 17.3 Å². The fourth-order valence-electron chi connectivity index (χ4n) is 2.23. The Morgan fingerprint density at radius 3 is 2.88 bits per heavy atom. The average molecular weight is 253 g/mol. The zero-order valence-corrected chi connectivity index (χ0v) is 11.0. The summed E-state index contributed by atoms with van der Waals surface area (Å²) in [6.07, 6.45) is 1.87. The second-order valence-corrected chi connectivity index (χ2v) is 5.21. The van der Waals surface area contributed by atoms with Gasteiger partial charge in [-0.05, 0) is 55.2 Å². The van der Waals surface area contributed by atoms with E-state index in [9.17, 15) is 4.79 Å². The third-order valence-electron chi connectivity index (χ3n) is 3.19. The second-order valence-electron chi connectivity index (χ2n) is 4.43. The van der Waals surface area contributed by atoms with Gasteiger partial charge in [-0.2, -0.15) is 11.3 Å². The summed E-state index contributed by atoms with van der Waals surface area (Å²) < 4.78 is 5.07. The van der Waals surface area contributed by atoms with E-state index in [1.54, 1.807) is 11.3 Å². The fraction of sp³-hybridized carbons (Fsp3) is 0.615. The Morgan fingerprint density at radius 2 is 2.29 bits per heavy atom. The summed E-state index contributed by atoms with van der Waals surface area (Å²) in [5.74, 6) is 0.108. The molecule has 0 radical (unpaired) electrons. The van der Waals surface area contributed by atoms with E-state index in [0.29, 0.717) is 6.61 Å². The molecule has 0 aliphatic carbocycles. The number of rotatable bonds is 4. The first-order valence-electron chi connectivity index (χ1n) is 6.19. The summed E-state index contributed by atoms with van der Waals surface area (Å²) in [4.78, 5) is 14.0. The van der Waals surface area contributed by atoms with Crippen LogP contribution in [0.25, 0.3) is 0 Å². The standard InChI is InChI=1S/C13H19NO2S/c1-2-16-13(15)12-3-6-14(7-4-12)9-11-5-8-17-10-11/h5,8,10,12H,2-4,6-7,9H2,1H3. The number of ether oxygens (including phenoxy) is 1. The number of piperidine rings is 1. The molecule has 4 heteroatoms. The molecule has 0 bridgehead atoms. The Bertz CT molecular complexity index is 342. The zero-order valence-electron chi connectivity index (χ0n) is 10.2. The monoisotopic (exact) mass is 253 g/mol. The van der Waals surface area contributed by atoms with Crippen molar-refractivity contribution in [2.24, 2.45) is 5.92 Å². The van der Waals surface area contributed by atoms with E-state index in [-0.39, 0.29) is 11.9 Å². The number of thiophene rings is 1. The van der Waals surface area contributed by atoms with Crippen LogP contribution >= 0.6 is 11.3 Å². The maximum Gasteiger partial charge on any atom is 0.309 e. The minimum absolute atomic E-state index is 0.0114.